The number of ether oxygens (including phenoxy) is 3. The number of hydrogen-bond acceptors (Lipinski definition) is 7. The molecule has 35 heavy (non-hydrogen) atoms. The molecule has 2 aliphatic rings. The summed E-state index contributed by atoms with van der Waals surface area (Å²) in [4.78, 5) is 49.6. The highest BCUT2D eigenvalue weighted by atomic mass is 16.6. The van der Waals surface area contributed by atoms with Gasteiger partial charge in [-0.05, 0) is 79.1 Å². The molecule has 2 heterocycles. The Morgan fingerprint density at radius 2 is 1.11 bits per heavy atom. The molecule has 10 nitrogen and oxygen atoms in total. The lowest BCUT2D eigenvalue weighted by Gasteiger charge is -2.37. The molecule has 2 amide bonds. The minimum Gasteiger partial charge on any atom is -0.480 e. The van der Waals surface area contributed by atoms with E-state index in [1.54, 1.807) is 20.8 Å². The Kier molecular flexibility index (Phi) is 10.8. The van der Waals surface area contributed by atoms with Crippen LogP contribution in [0.15, 0.2) is 0 Å². The summed E-state index contributed by atoms with van der Waals surface area (Å²) in [6.07, 6.45) is 1.86. The second kappa shape index (κ2) is 12.4. The van der Waals surface area contributed by atoms with Gasteiger partial charge in [0.15, 0.2) is 0 Å². The van der Waals surface area contributed by atoms with Crippen molar-refractivity contribution in [2.75, 3.05) is 20.2 Å². The van der Waals surface area contributed by atoms with Gasteiger partial charge in [-0.1, -0.05) is 13.8 Å². The minimum atomic E-state index is -0.956. The molecule has 0 saturated carbocycles. The Balaban J connectivity index is 0.000000351. The number of amides is 2. The van der Waals surface area contributed by atoms with E-state index in [2.05, 4.69) is 6.92 Å². The van der Waals surface area contributed by atoms with Gasteiger partial charge in [0.25, 0.3) is 0 Å². The quantitative estimate of drug-likeness (QED) is 0.440. The number of esters is 1. The van der Waals surface area contributed by atoms with Crippen LogP contribution >= 0.6 is 0 Å². The largest absolute Gasteiger partial charge is 0.480 e. The number of carbonyl (C=O) groups excluding carboxylic acids is 3. The molecular formula is C25H44N2O8. The van der Waals surface area contributed by atoms with Gasteiger partial charge in [0.05, 0.1) is 7.11 Å². The van der Waals surface area contributed by atoms with Crippen molar-refractivity contribution in [2.45, 2.75) is 104 Å². The van der Waals surface area contributed by atoms with E-state index in [4.69, 9.17) is 19.3 Å². The fraction of sp³-hybridized carbons (Fsp3) is 0.840. The maximum absolute atomic E-state index is 12.0. The summed E-state index contributed by atoms with van der Waals surface area (Å²) in [7, 11) is 1.34. The Hall–Kier alpha value is -2.52. The van der Waals surface area contributed by atoms with E-state index in [-0.39, 0.29) is 5.97 Å². The van der Waals surface area contributed by atoms with E-state index in [0.717, 1.165) is 12.8 Å². The lowest BCUT2D eigenvalue weighted by Crippen LogP contribution is -2.51. The van der Waals surface area contributed by atoms with Crippen LogP contribution in [0, 0.1) is 11.8 Å². The third-order valence-electron chi connectivity index (χ3n) is 5.74. The second-order valence-electron chi connectivity index (χ2n) is 11.5. The number of methoxy groups -OCH3 is 1. The van der Waals surface area contributed by atoms with Gasteiger partial charge in [-0.3, -0.25) is 9.80 Å². The highest BCUT2D eigenvalue weighted by molar-refractivity contribution is 5.82. The van der Waals surface area contributed by atoms with Gasteiger partial charge in [0.1, 0.15) is 23.3 Å². The first-order valence-electron chi connectivity index (χ1n) is 12.2. The molecule has 4 unspecified atom stereocenters. The number of carboxylic acids is 1. The molecule has 1 N–H and O–H groups in total. The number of rotatable bonds is 2. The van der Waals surface area contributed by atoms with Crippen LogP contribution in [0.3, 0.4) is 0 Å². The van der Waals surface area contributed by atoms with Gasteiger partial charge in [0, 0.05) is 13.1 Å². The van der Waals surface area contributed by atoms with Gasteiger partial charge in [-0.15, -0.1) is 0 Å². The topological polar surface area (TPSA) is 123 Å². The molecule has 0 aromatic heterocycles. The molecule has 0 aromatic carbocycles. The second-order valence-corrected chi connectivity index (χ2v) is 11.5. The number of carbonyl (C=O) groups is 4. The van der Waals surface area contributed by atoms with Crippen LogP contribution in [0.25, 0.3) is 0 Å². The molecule has 0 aromatic rings. The van der Waals surface area contributed by atoms with E-state index in [0.29, 0.717) is 37.8 Å². The van der Waals surface area contributed by atoms with Crippen molar-refractivity contribution in [3.63, 3.8) is 0 Å². The molecule has 2 rings (SSSR count). The molecule has 2 saturated heterocycles. The lowest BCUT2D eigenvalue weighted by molar-refractivity contribution is -0.148. The summed E-state index contributed by atoms with van der Waals surface area (Å²) >= 11 is 0. The van der Waals surface area contributed by atoms with Gasteiger partial charge in [-0.2, -0.15) is 0 Å². The summed E-state index contributed by atoms with van der Waals surface area (Å²) < 4.78 is 15.3. The van der Waals surface area contributed by atoms with Crippen LogP contribution < -0.4 is 0 Å². The third kappa shape index (κ3) is 10.3. The molecule has 4 atom stereocenters. The zero-order valence-corrected chi connectivity index (χ0v) is 22.8. The Morgan fingerprint density at radius 1 is 0.743 bits per heavy atom. The maximum atomic E-state index is 12.0. The normalized spacial score (nSPS) is 25.1. The fourth-order valence-electron chi connectivity index (χ4n) is 3.95. The smallest absolute Gasteiger partial charge is 0.411 e. The van der Waals surface area contributed by atoms with E-state index in [1.807, 2.05) is 27.7 Å². The maximum Gasteiger partial charge on any atom is 0.411 e. The van der Waals surface area contributed by atoms with Crippen LogP contribution in [0.5, 0.6) is 0 Å². The Labute approximate surface area is 209 Å². The molecule has 202 valence electrons. The number of carboxylic acid groups (broad SMARTS) is 1. The van der Waals surface area contributed by atoms with Gasteiger partial charge >= 0.3 is 24.1 Å². The molecular weight excluding hydrogens is 456 g/mol. The first kappa shape index (κ1) is 30.5. The molecule has 2 fully saturated rings. The van der Waals surface area contributed by atoms with Crippen LogP contribution in [0.4, 0.5) is 9.59 Å². The van der Waals surface area contributed by atoms with Crippen molar-refractivity contribution in [2.24, 2.45) is 11.8 Å². The first-order chi connectivity index (χ1) is 15.9. The summed E-state index contributed by atoms with van der Waals surface area (Å²) in [5.41, 5.74) is -1.15. The Bertz CT molecular complexity index is 756. The molecule has 0 radical (unpaired) electrons. The molecule has 2 aliphatic heterocycles. The standard InChI is InChI=1S/C13H23NO4.C12H21NO4/c1-9-6-7-14(10(8-9)11(15)17-5)12(16)18-13(2,3)4;1-8-5-6-13(9(7-8)10(14)15)11(16)17-12(2,3)4/h9-10H,6-8H2,1-5H3;8-9H,5-7H2,1-4H3,(H,14,15). The molecule has 0 bridgehead atoms. The van der Waals surface area contributed by atoms with Crippen molar-refractivity contribution in [3.8, 4) is 0 Å². The van der Waals surface area contributed by atoms with E-state index in [1.165, 1.54) is 16.9 Å². The summed E-state index contributed by atoms with van der Waals surface area (Å²) in [6, 6.07) is -1.28. The van der Waals surface area contributed by atoms with Crippen molar-refractivity contribution in [1.82, 2.24) is 9.80 Å². The fourth-order valence-corrected chi connectivity index (χ4v) is 3.95. The predicted octanol–water partition coefficient (Wildman–Crippen LogP) is 4.30. The average Bonchev–Trinajstić information content (AvgIpc) is 2.70. The number of likely N-dealkylation sites (tertiary alicyclic amines) is 2. The minimum absolute atomic E-state index is 0.329. The molecule has 0 spiro atoms. The first-order valence-corrected chi connectivity index (χ1v) is 12.2. The molecule has 0 aliphatic carbocycles. The lowest BCUT2D eigenvalue weighted by atomic mass is 9.93. The third-order valence-corrected chi connectivity index (χ3v) is 5.74. The predicted molar refractivity (Wildman–Crippen MR) is 130 cm³/mol. The van der Waals surface area contributed by atoms with Crippen LogP contribution in [0.2, 0.25) is 0 Å². The van der Waals surface area contributed by atoms with Gasteiger partial charge in [-0.25, -0.2) is 19.2 Å². The number of hydrogen-bond donors (Lipinski definition) is 1. The van der Waals surface area contributed by atoms with Crippen LogP contribution in [0.1, 0.15) is 81.1 Å². The zero-order chi connectivity index (χ0) is 27.1. The Morgan fingerprint density at radius 3 is 1.46 bits per heavy atom. The monoisotopic (exact) mass is 500 g/mol. The summed E-state index contributed by atoms with van der Waals surface area (Å²) in [5.74, 6) is -0.586. The van der Waals surface area contributed by atoms with Crippen LogP contribution in [-0.4, -0.2) is 82.5 Å². The van der Waals surface area contributed by atoms with E-state index < -0.39 is 41.4 Å². The highest BCUT2D eigenvalue weighted by Gasteiger charge is 2.38. The molecule has 10 heteroatoms. The van der Waals surface area contributed by atoms with Crippen molar-refractivity contribution >= 4 is 24.1 Å². The average molecular weight is 501 g/mol. The number of piperidine rings is 2. The van der Waals surface area contributed by atoms with E-state index in [9.17, 15) is 19.2 Å². The number of nitrogens with zero attached hydrogens (tertiary/aromatic N) is 2. The van der Waals surface area contributed by atoms with Crippen molar-refractivity contribution in [1.29, 1.82) is 0 Å². The zero-order valence-electron chi connectivity index (χ0n) is 22.8. The SMILES string of the molecule is CC1CCN(C(=O)OC(C)(C)C)C(C(=O)O)C1.COC(=O)C1CC(C)CCN1C(=O)OC(C)(C)C. The van der Waals surface area contributed by atoms with Crippen molar-refractivity contribution in [3.05, 3.63) is 0 Å². The van der Waals surface area contributed by atoms with Gasteiger partial charge < -0.3 is 19.3 Å². The highest BCUT2D eigenvalue weighted by Crippen LogP contribution is 2.26. The van der Waals surface area contributed by atoms with E-state index >= 15 is 0 Å². The summed E-state index contributed by atoms with van der Waals surface area (Å²) in [6.45, 7) is 15.8. The number of aliphatic carboxylic acids is 1. The van der Waals surface area contributed by atoms with Crippen molar-refractivity contribution < 1.29 is 38.5 Å². The van der Waals surface area contributed by atoms with Gasteiger partial charge in [0.2, 0.25) is 0 Å². The van der Waals surface area contributed by atoms with Crippen LogP contribution in [-0.2, 0) is 23.8 Å². The summed E-state index contributed by atoms with van der Waals surface area (Å²) in [5, 5.41) is 9.12.